The third-order valence-electron chi connectivity index (χ3n) is 2.22. The molecular weight excluding hydrogens is 174 g/mol. The number of hydrogen-bond donors (Lipinski definition) is 1. The molecule has 0 spiro atoms. The molecule has 0 unspecified atom stereocenters. The molecule has 2 heteroatoms. The van der Waals surface area contributed by atoms with Crippen molar-refractivity contribution >= 4 is 10.8 Å². The van der Waals surface area contributed by atoms with Gasteiger partial charge in [-0.05, 0) is 28.5 Å². The minimum Gasteiger partial charge on any atom is -0.392 e. The molecule has 0 saturated carbocycles. The van der Waals surface area contributed by atoms with Crippen molar-refractivity contribution < 1.29 is 5.11 Å². The van der Waals surface area contributed by atoms with Crippen molar-refractivity contribution in [3.05, 3.63) is 47.5 Å². The van der Waals surface area contributed by atoms with Crippen LogP contribution in [0.1, 0.15) is 11.1 Å². The Hall–Kier alpha value is -1.85. The Balaban J connectivity index is 2.82. The van der Waals surface area contributed by atoms with Crippen LogP contribution in [-0.2, 0) is 6.61 Å². The third kappa shape index (κ3) is 1.34. The number of aliphatic hydroxyl groups is 1. The molecule has 0 heterocycles. The molecular formula is C12H9NO. The summed E-state index contributed by atoms with van der Waals surface area (Å²) >= 11 is 0. The van der Waals surface area contributed by atoms with Crippen molar-refractivity contribution in [2.24, 2.45) is 0 Å². The van der Waals surface area contributed by atoms with E-state index in [0.717, 1.165) is 16.3 Å². The van der Waals surface area contributed by atoms with Crippen LogP contribution in [0.3, 0.4) is 0 Å². The maximum Gasteiger partial charge on any atom is 0.0998 e. The van der Waals surface area contributed by atoms with E-state index in [9.17, 15) is 0 Å². The molecule has 0 radical (unpaired) electrons. The van der Waals surface area contributed by atoms with E-state index in [0.29, 0.717) is 5.56 Å². The smallest absolute Gasteiger partial charge is 0.0998 e. The van der Waals surface area contributed by atoms with E-state index in [-0.39, 0.29) is 6.61 Å². The highest BCUT2D eigenvalue weighted by molar-refractivity contribution is 5.88. The van der Waals surface area contributed by atoms with Gasteiger partial charge in [0.05, 0.1) is 18.2 Å². The van der Waals surface area contributed by atoms with Gasteiger partial charge >= 0.3 is 0 Å². The van der Waals surface area contributed by atoms with Crippen molar-refractivity contribution in [1.82, 2.24) is 0 Å². The fourth-order valence-corrected chi connectivity index (χ4v) is 1.56. The van der Waals surface area contributed by atoms with Gasteiger partial charge in [-0.2, -0.15) is 5.26 Å². The lowest BCUT2D eigenvalue weighted by atomic mass is 10.0. The van der Waals surface area contributed by atoms with Crippen LogP contribution in [0.4, 0.5) is 0 Å². The molecule has 0 fully saturated rings. The van der Waals surface area contributed by atoms with Crippen molar-refractivity contribution in [1.29, 1.82) is 5.26 Å². The van der Waals surface area contributed by atoms with Gasteiger partial charge in [0, 0.05) is 0 Å². The van der Waals surface area contributed by atoms with E-state index < -0.39 is 0 Å². The minimum absolute atomic E-state index is 0.0283. The second-order valence-corrected chi connectivity index (χ2v) is 3.13. The zero-order valence-corrected chi connectivity index (χ0v) is 7.57. The predicted octanol–water partition coefficient (Wildman–Crippen LogP) is 2.20. The fraction of sp³-hybridized carbons (Fsp3) is 0.0833. The number of benzene rings is 2. The topological polar surface area (TPSA) is 44.0 Å². The van der Waals surface area contributed by atoms with Crippen molar-refractivity contribution in [3.63, 3.8) is 0 Å². The van der Waals surface area contributed by atoms with Crippen molar-refractivity contribution in [2.45, 2.75) is 6.61 Å². The van der Waals surface area contributed by atoms with Crippen LogP contribution in [0.2, 0.25) is 0 Å². The summed E-state index contributed by atoms with van der Waals surface area (Å²) in [6.45, 7) is -0.0283. The SMILES string of the molecule is N#Cc1cc(CO)cc2ccccc12. The Bertz CT molecular complexity index is 511. The predicted molar refractivity (Wildman–Crippen MR) is 54.6 cm³/mol. The lowest BCUT2D eigenvalue weighted by molar-refractivity contribution is 0.282. The molecule has 2 nitrogen and oxygen atoms in total. The van der Waals surface area contributed by atoms with E-state index in [2.05, 4.69) is 6.07 Å². The monoisotopic (exact) mass is 183 g/mol. The zero-order chi connectivity index (χ0) is 9.97. The first-order valence-electron chi connectivity index (χ1n) is 4.38. The van der Waals surface area contributed by atoms with Crippen LogP contribution in [0, 0.1) is 11.3 Å². The summed E-state index contributed by atoms with van der Waals surface area (Å²) in [6.07, 6.45) is 0. The van der Waals surface area contributed by atoms with Gasteiger partial charge in [0.25, 0.3) is 0 Å². The van der Waals surface area contributed by atoms with Crippen LogP contribution in [0.5, 0.6) is 0 Å². The molecule has 0 atom stereocenters. The van der Waals surface area contributed by atoms with Crippen molar-refractivity contribution in [3.8, 4) is 6.07 Å². The van der Waals surface area contributed by atoms with Gasteiger partial charge in [0.15, 0.2) is 0 Å². The summed E-state index contributed by atoms with van der Waals surface area (Å²) in [5.74, 6) is 0. The molecule has 68 valence electrons. The number of rotatable bonds is 1. The number of nitriles is 1. The number of aliphatic hydroxyl groups excluding tert-OH is 1. The third-order valence-corrected chi connectivity index (χ3v) is 2.22. The summed E-state index contributed by atoms with van der Waals surface area (Å²) in [6, 6.07) is 13.4. The van der Waals surface area contributed by atoms with Crippen LogP contribution in [-0.4, -0.2) is 5.11 Å². The molecule has 0 amide bonds. The van der Waals surface area contributed by atoms with Gasteiger partial charge in [0.1, 0.15) is 0 Å². The van der Waals surface area contributed by atoms with E-state index in [1.807, 2.05) is 30.3 Å². The van der Waals surface area contributed by atoms with E-state index in [4.69, 9.17) is 10.4 Å². The Morgan fingerprint density at radius 1 is 1.21 bits per heavy atom. The second kappa shape index (κ2) is 3.49. The number of hydrogen-bond acceptors (Lipinski definition) is 2. The standard InChI is InChI=1S/C12H9NO/c13-7-11-6-9(8-14)5-10-3-1-2-4-12(10)11/h1-6,14H,8H2. The van der Waals surface area contributed by atoms with E-state index >= 15 is 0 Å². The van der Waals surface area contributed by atoms with Gasteiger partial charge in [-0.3, -0.25) is 0 Å². The minimum atomic E-state index is -0.0283. The average Bonchev–Trinajstić information content (AvgIpc) is 2.27. The zero-order valence-electron chi connectivity index (χ0n) is 7.57. The van der Waals surface area contributed by atoms with Crippen LogP contribution >= 0.6 is 0 Å². The van der Waals surface area contributed by atoms with Crippen LogP contribution < -0.4 is 0 Å². The van der Waals surface area contributed by atoms with Crippen LogP contribution in [0.25, 0.3) is 10.8 Å². The molecule has 2 rings (SSSR count). The first-order valence-corrected chi connectivity index (χ1v) is 4.38. The molecule has 0 aromatic heterocycles. The van der Waals surface area contributed by atoms with Gasteiger partial charge < -0.3 is 5.11 Å². The summed E-state index contributed by atoms with van der Waals surface area (Å²) in [4.78, 5) is 0. The Morgan fingerprint density at radius 3 is 2.71 bits per heavy atom. The van der Waals surface area contributed by atoms with Crippen LogP contribution in [0.15, 0.2) is 36.4 Å². The second-order valence-electron chi connectivity index (χ2n) is 3.13. The molecule has 14 heavy (non-hydrogen) atoms. The molecule has 0 saturated heterocycles. The molecule has 0 aliphatic rings. The molecule has 0 aliphatic carbocycles. The highest BCUT2D eigenvalue weighted by Gasteiger charge is 2.01. The first-order chi connectivity index (χ1) is 6.85. The number of nitrogens with zero attached hydrogens (tertiary/aromatic N) is 1. The average molecular weight is 183 g/mol. The Labute approximate surface area is 82.0 Å². The summed E-state index contributed by atoms with van der Waals surface area (Å²) in [7, 11) is 0. The Morgan fingerprint density at radius 2 is 2.00 bits per heavy atom. The fourth-order valence-electron chi connectivity index (χ4n) is 1.56. The molecule has 2 aromatic rings. The summed E-state index contributed by atoms with van der Waals surface area (Å²) in [5.41, 5.74) is 1.40. The quantitative estimate of drug-likeness (QED) is 0.736. The Kier molecular flexibility index (Phi) is 2.18. The highest BCUT2D eigenvalue weighted by Crippen LogP contribution is 2.20. The first kappa shape index (κ1) is 8.74. The van der Waals surface area contributed by atoms with Gasteiger partial charge in [-0.15, -0.1) is 0 Å². The molecule has 1 N–H and O–H groups in total. The van der Waals surface area contributed by atoms with E-state index in [1.165, 1.54) is 0 Å². The maximum atomic E-state index is 9.01. The normalized spacial score (nSPS) is 10.0. The summed E-state index contributed by atoms with van der Waals surface area (Å²) in [5, 5.41) is 19.9. The highest BCUT2D eigenvalue weighted by atomic mass is 16.3. The van der Waals surface area contributed by atoms with Crippen molar-refractivity contribution in [2.75, 3.05) is 0 Å². The molecule has 0 aliphatic heterocycles. The van der Waals surface area contributed by atoms with E-state index in [1.54, 1.807) is 6.07 Å². The number of fused-ring (bicyclic) bond motifs is 1. The van der Waals surface area contributed by atoms with Gasteiger partial charge in [0.2, 0.25) is 0 Å². The lowest BCUT2D eigenvalue weighted by Crippen LogP contribution is -1.87. The molecule has 2 aromatic carbocycles. The van der Waals surface area contributed by atoms with Gasteiger partial charge in [-0.1, -0.05) is 24.3 Å². The lowest BCUT2D eigenvalue weighted by Gasteiger charge is -2.02. The maximum absolute atomic E-state index is 9.01. The summed E-state index contributed by atoms with van der Waals surface area (Å²) < 4.78 is 0. The largest absolute Gasteiger partial charge is 0.392 e. The van der Waals surface area contributed by atoms with Gasteiger partial charge in [-0.25, -0.2) is 0 Å². The molecule has 0 bridgehead atoms.